The second-order valence-corrected chi connectivity index (χ2v) is 7.50. The van der Waals surface area contributed by atoms with Crippen LogP contribution in [0, 0.1) is 5.92 Å². The number of amides is 1. The summed E-state index contributed by atoms with van der Waals surface area (Å²) in [6.45, 7) is 6.31. The highest BCUT2D eigenvalue weighted by atomic mass is 16.5. The monoisotopic (exact) mass is 392 g/mol. The van der Waals surface area contributed by atoms with Crippen LogP contribution in [-0.4, -0.2) is 68.5 Å². The van der Waals surface area contributed by atoms with Gasteiger partial charge in [-0.2, -0.15) is 0 Å². The molecule has 2 atom stereocenters. The third kappa shape index (κ3) is 4.89. The number of hydrogen-bond donors (Lipinski definition) is 2. The van der Waals surface area contributed by atoms with Crippen LogP contribution in [0.1, 0.15) is 43.0 Å². The molecule has 1 amide bonds. The van der Waals surface area contributed by atoms with Crippen molar-refractivity contribution in [3.63, 3.8) is 0 Å². The van der Waals surface area contributed by atoms with Gasteiger partial charge < -0.3 is 29.5 Å². The van der Waals surface area contributed by atoms with E-state index in [0.29, 0.717) is 49.1 Å². The SMILES string of the molecule is CCCCN1CC[C@H](CNC(=O)c2ccc(OC)c3c2OCCCO3)[C@H](O)C1. The van der Waals surface area contributed by atoms with Crippen molar-refractivity contribution < 1.29 is 24.1 Å². The van der Waals surface area contributed by atoms with Gasteiger partial charge in [-0.15, -0.1) is 0 Å². The Balaban J connectivity index is 1.61. The van der Waals surface area contributed by atoms with Crippen LogP contribution in [0.25, 0.3) is 0 Å². The molecule has 2 heterocycles. The number of rotatable bonds is 7. The van der Waals surface area contributed by atoms with E-state index in [1.54, 1.807) is 19.2 Å². The fourth-order valence-corrected chi connectivity index (χ4v) is 3.76. The van der Waals surface area contributed by atoms with Crippen molar-refractivity contribution in [3.8, 4) is 17.2 Å². The Morgan fingerprint density at radius 2 is 2.11 bits per heavy atom. The molecule has 7 nitrogen and oxygen atoms in total. The highest BCUT2D eigenvalue weighted by Gasteiger charge is 2.29. The number of β-amino-alcohol motifs (C(OH)–C–C–N with tert-alkyl or cyclic N) is 1. The highest BCUT2D eigenvalue weighted by molar-refractivity contribution is 5.98. The number of ether oxygens (including phenoxy) is 3. The number of carbonyl (C=O) groups excluding carboxylic acids is 1. The molecule has 1 saturated heterocycles. The molecule has 7 heteroatoms. The van der Waals surface area contributed by atoms with E-state index in [1.807, 2.05) is 0 Å². The van der Waals surface area contributed by atoms with Crippen LogP contribution in [-0.2, 0) is 0 Å². The molecule has 0 aromatic heterocycles. The van der Waals surface area contributed by atoms with Crippen molar-refractivity contribution in [1.82, 2.24) is 10.2 Å². The molecule has 0 saturated carbocycles. The number of aliphatic hydroxyl groups is 1. The molecule has 0 bridgehead atoms. The van der Waals surface area contributed by atoms with E-state index in [4.69, 9.17) is 14.2 Å². The minimum Gasteiger partial charge on any atom is -0.493 e. The zero-order chi connectivity index (χ0) is 19.9. The van der Waals surface area contributed by atoms with Crippen molar-refractivity contribution in [2.45, 2.75) is 38.7 Å². The minimum atomic E-state index is -0.418. The molecule has 2 aliphatic heterocycles. The van der Waals surface area contributed by atoms with Gasteiger partial charge in [-0.05, 0) is 38.1 Å². The lowest BCUT2D eigenvalue weighted by Gasteiger charge is -2.36. The summed E-state index contributed by atoms with van der Waals surface area (Å²) in [5.74, 6) is 1.32. The van der Waals surface area contributed by atoms with Gasteiger partial charge in [0.2, 0.25) is 5.75 Å². The van der Waals surface area contributed by atoms with E-state index < -0.39 is 6.10 Å². The van der Waals surface area contributed by atoms with Gasteiger partial charge in [0, 0.05) is 25.4 Å². The predicted molar refractivity (Wildman–Crippen MR) is 106 cm³/mol. The summed E-state index contributed by atoms with van der Waals surface area (Å²) >= 11 is 0. The summed E-state index contributed by atoms with van der Waals surface area (Å²) < 4.78 is 16.9. The number of likely N-dealkylation sites (tertiary alicyclic amines) is 1. The van der Waals surface area contributed by atoms with Crippen molar-refractivity contribution in [3.05, 3.63) is 17.7 Å². The third-order valence-corrected chi connectivity index (χ3v) is 5.48. The van der Waals surface area contributed by atoms with E-state index in [-0.39, 0.29) is 11.8 Å². The molecule has 1 aromatic carbocycles. The van der Waals surface area contributed by atoms with Gasteiger partial charge in [0.15, 0.2) is 11.5 Å². The summed E-state index contributed by atoms with van der Waals surface area (Å²) in [5, 5.41) is 13.4. The molecule has 2 aliphatic rings. The maximum atomic E-state index is 12.8. The molecule has 28 heavy (non-hydrogen) atoms. The average Bonchev–Trinajstić information content (AvgIpc) is 2.96. The van der Waals surface area contributed by atoms with Gasteiger partial charge in [0.1, 0.15) is 0 Å². The van der Waals surface area contributed by atoms with Crippen LogP contribution in [0.4, 0.5) is 0 Å². The molecule has 156 valence electrons. The van der Waals surface area contributed by atoms with Gasteiger partial charge in [0.25, 0.3) is 5.91 Å². The minimum absolute atomic E-state index is 0.0656. The van der Waals surface area contributed by atoms with E-state index in [0.717, 1.165) is 38.8 Å². The standard InChI is InChI=1S/C21H32N2O5/c1-3-4-9-23-10-8-15(17(24)14-23)13-22-21(25)16-6-7-18(26-2)20-19(16)27-11-5-12-28-20/h6-7,15,17,24H,3-5,8-14H2,1-2H3,(H,22,25)/t15-,17-/m1/s1. The molecule has 0 unspecified atom stereocenters. The zero-order valence-electron chi connectivity index (χ0n) is 16.9. The molecule has 0 aliphatic carbocycles. The number of hydrogen-bond acceptors (Lipinski definition) is 6. The Morgan fingerprint density at radius 1 is 1.32 bits per heavy atom. The summed E-state index contributed by atoms with van der Waals surface area (Å²) in [6.07, 6.45) is 3.52. The van der Waals surface area contributed by atoms with Gasteiger partial charge in [0.05, 0.1) is 32.0 Å². The van der Waals surface area contributed by atoms with Gasteiger partial charge in [-0.1, -0.05) is 13.3 Å². The van der Waals surface area contributed by atoms with Crippen molar-refractivity contribution in [1.29, 1.82) is 0 Å². The van der Waals surface area contributed by atoms with Crippen LogP contribution >= 0.6 is 0 Å². The number of carbonyl (C=O) groups is 1. The number of piperidine rings is 1. The fourth-order valence-electron chi connectivity index (χ4n) is 3.76. The van der Waals surface area contributed by atoms with Gasteiger partial charge in [-0.3, -0.25) is 4.79 Å². The lowest BCUT2D eigenvalue weighted by Crippen LogP contribution is -2.47. The Bertz CT molecular complexity index is 666. The Hall–Kier alpha value is -1.99. The maximum absolute atomic E-state index is 12.8. The Labute approximate surface area is 166 Å². The van der Waals surface area contributed by atoms with Crippen LogP contribution < -0.4 is 19.5 Å². The fraction of sp³-hybridized carbons (Fsp3) is 0.667. The summed E-state index contributed by atoms with van der Waals surface area (Å²) in [7, 11) is 1.57. The van der Waals surface area contributed by atoms with E-state index in [9.17, 15) is 9.90 Å². The first-order valence-corrected chi connectivity index (χ1v) is 10.3. The number of unbranched alkanes of at least 4 members (excludes halogenated alkanes) is 1. The average molecular weight is 392 g/mol. The smallest absolute Gasteiger partial charge is 0.255 e. The topological polar surface area (TPSA) is 80.3 Å². The number of aliphatic hydroxyl groups excluding tert-OH is 1. The molecule has 1 fully saturated rings. The second kappa shape index (κ2) is 9.98. The van der Waals surface area contributed by atoms with Crippen LogP contribution in [0.3, 0.4) is 0 Å². The first-order valence-electron chi connectivity index (χ1n) is 10.3. The number of fused-ring (bicyclic) bond motifs is 1. The number of methoxy groups -OCH3 is 1. The molecule has 1 aromatic rings. The molecule has 0 spiro atoms. The normalized spacial score (nSPS) is 22.4. The summed E-state index contributed by atoms with van der Waals surface area (Å²) in [5.41, 5.74) is 0.438. The van der Waals surface area contributed by atoms with Crippen molar-refractivity contribution >= 4 is 5.91 Å². The summed E-state index contributed by atoms with van der Waals surface area (Å²) in [4.78, 5) is 15.1. The van der Waals surface area contributed by atoms with E-state index in [1.165, 1.54) is 0 Å². The van der Waals surface area contributed by atoms with E-state index >= 15 is 0 Å². The Kier molecular flexibility index (Phi) is 7.39. The third-order valence-electron chi connectivity index (χ3n) is 5.48. The molecule has 3 rings (SSSR count). The number of nitrogens with one attached hydrogen (secondary N) is 1. The van der Waals surface area contributed by atoms with Crippen molar-refractivity contribution in [2.75, 3.05) is 46.5 Å². The van der Waals surface area contributed by atoms with Crippen LogP contribution in [0.15, 0.2) is 12.1 Å². The maximum Gasteiger partial charge on any atom is 0.255 e. The lowest BCUT2D eigenvalue weighted by atomic mass is 9.93. The molecule has 2 N–H and O–H groups in total. The molecule has 0 radical (unpaired) electrons. The molecular formula is C21H32N2O5. The van der Waals surface area contributed by atoms with E-state index in [2.05, 4.69) is 17.1 Å². The zero-order valence-corrected chi connectivity index (χ0v) is 16.9. The van der Waals surface area contributed by atoms with Gasteiger partial charge in [-0.25, -0.2) is 0 Å². The summed E-state index contributed by atoms with van der Waals surface area (Å²) in [6, 6.07) is 3.43. The Morgan fingerprint density at radius 3 is 2.82 bits per heavy atom. The first kappa shape index (κ1) is 20.7. The van der Waals surface area contributed by atoms with Gasteiger partial charge >= 0.3 is 0 Å². The highest BCUT2D eigenvalue weighted by Crippen LogP contribution is 2.41. The second-order valence-electron chi connectivity index (χ2n) is 7.50. The molecular weight excluding hydrogens is 360 g/mol. The van der Waals surface area contributed by atoms with Crippen molar-refractivity contribution in [2.24, 2.45) is 5.92 Å². The lowest BCUT2D eigenvalue weighted by molar-refractivity contribution is 0.0217. The predicted octanol–water partition coefficient (Wildman–Crippen LogP) is 2.07. The first-order chi connectivity index (χ1) is 13.6. The van der Waals surface area contributed by atoms with Crippen LogP contribution in [0.2, 0.25) is 0 Å². The quantitative estimate of drug-likeness (QED) is 0.740. The largest absolute Gasteiger partial charge is 0.493 e. The number of nitrogens with zero attached hydrogens (tertiary/aromatic N) is 1. The number of benzene rings is 1. The van der Waals surface area contributed by atoms with Crippen LogP contribution in [0.5, 0.6) is 17.2 Å².